The lowest BCUT2D eigenvalue weighted by atomic mass is 9.61. The quantitative estimate of drug-likeness (QED) is 0.570. The van der Waals surface area contributed by atoms with Gasteiger partial charge in [-0.1, -0.05) is 32.1 Å². The van der Waals surface area contributed by atoms with E-state index in [2.05, 4.69) is 13.0 Å². The molecule has 0 unspecified atom stereocenters. The summed E-state index contributed by atoms with van der Waals surface area (Å²) < 4.78 is 11.3. The summed E-state index contributed by atoms with van der Waals surface area (Å²) in [5.74, 6) is -2.39. The van der Waals surface area contributed by atoms with E-state index in [-0.39, 0.29) is 30.8 Å². The lowest BCUT2D eigenvalue weighted by molar-refractivity contribution is -0.195. The Morgan fingerprint density at radius 1 is 1.31 bits per heavy atom. The maximum absolute atomic E-state index is 13.0. The third-order valence-corrected chi connectivity index (χ3v) is 7.61. The topological polar surface area (TPSA) is 110 Å². The summed E-state index contributed by atoms with van der Waals surface area (Å²) in [6.45, 7) is 7.50. The molecule has 3 rings (SSSR count). The molecular weight excluding hydrogens is 412 g/mol. The van der Waals surface area contributed by atoms with Gasteiger partial charge in [0.15, 0.2) is 0 Å². The number of ether oxygens (including phenoxy) is 2. The highest BCUT2D eigenvalue weighted by Gasteiger charge is 2.56. The van der Waals surface area contributed by atoms with E-state index in [0.717, 1.165) is 12.0 Å². The molecule has 178 valence electrons. The Morgan fingerprint density at radius 2 is 2.03 bits per heavy atom. The number of hydrogen-bond donors (Lipinski definition) is 2. The van der Waals surface area contributed by atoms with Crippen LogP contribution in [0.15, 0.2) is 23.8 Å². The monoisotopic (exact) mass is 448 g/mol. The van der Waals surface area contributed by atoms with Crippen molar-refractivity contribution in [2.45, 2.75) is 90.4 Å². The predicted octanol–water partition coefficient (Wildman–Crippen LogP) is 3.79. The van der Waals surface area contributed by atoms with Crippen molar-refractivity contribution in [3.63, 3.8) is 0 Å². The highest BCUT2D eigenvalue weighted by molar-refractivity contribution is 5.85. The number of aliphatic hydroxyl groups is 1. The van der Waals surface area contributed by atoms with E-state index in [1.54, 1.807) is 19.9 Å². The number of carboxylic acids is 1. The molecule has 0 spiro atoms. The third kappa shape index (κ3) is 4.77. The Kier molecular flexibility index (Phi) is 7.18. The van der Waals surface area contributed by atoms with E-state index >= 15 is 0 Å². The molecule has 2 aliphatic carbocycles. The number of cyclic esters (lactones) is 1. The Bertz CT molecular complexity index is 811. The second kappa shape index (κ2) is 9.38. The predicted molar refractivity (Wildman–Crippen MR) is 117 cm³/mol. The summed E-state index contributed by atoms with van der Waals surface area (Å²) in [6.07, 6.45) is 7.74. The normalized spacial score (nSPS) is 34.8. The van der Waals surface area contributed by atoms with Crippen molar-refractivity contribution in [1.82, 2.24) is 0 Å². The van der Waals surface area contributed by atoms with Gasteiger partial charge in [0.05, 0.1) is 17.9 Å². The molecule has 1 saturated heterocycles. The van der Waals surface area contributed by atoms with E-state index in [0.29, 0.717) is 25.7 Å². The summed E-state index contributed by atoms with van der Waals surface area (Å²) >= 11 is 0. The van der Waals surface area contributed by atoms with Crippen molar-refractivity contribution in [2.24, 2.45) is 23.2 Å². The molecule has 7 heteroatoms. The fraction of sp³-hybridized carbons (Fsp3) is 0.720. The molecule has 3 aliphatic rings. The second-order valence-electron chi connectivity index (χ2n) is 10.3. The highest BCUT2D eigenvalue weighted by atomic mass is 16.6. The SMILES string of the molecule is CCC(C)(C)C(=O)O[C@@]1(C(=O)O)CC=CC2=CC[C@H](C)[C@H](CC[C@@H]3C[C@@H](O)CC(=O)O3)[C@H]21. The summed E-state index contributed by atoms with van der Waals surface area (Å²) in [5.41, 5.74) is -1.55. The third-order valence-electron chi connectivity index (χ3n) is 7.61. The van der Waals surface area contributed by atoms with Crippen molar-refractivity contribution in [3.8, 4) is 0 Å². The number of aliphatic carboxylic acids is 1. The molecule has 0 aromatic heterocycles. The molecule has 0 bridgehead atoms. The largest absolute Gasteiger partial charge is 0.478 e. The molecule has 6 atom stereocenters. The van der Waals surface area contributed by atoms with Crippen LogP contribution in [0.5, 0.6) is 0 Å². The summed E-state index contributed by atoms with van der Waals surface area (Å²) in [5, 5.41) is 20.3. The molecule has 2 N–H and O–H groups in total. The number of carboxylic acid groups (broad SMARTS) is 1. The fourth-order valence-corrected chi connectivity index (χ4v) is 5.17. The molecule has 1 fully saturated rings. The first-order valence-electron chi connectivity index (χ1n) is 11.7. The van der Waals surface area contributed by atoms with Gasteiger partial charge in [-0.3, -0.25) is 9.59 Å². The minimum atomic E-state index is -1.66. The summed E-state index contributed by atoms with van der Waals surface area (Å²) in [4.78, 5) is 37.4. The number of rotatable bonds is 7. The minimum absolute atomic E-state index is 0.0158. The molecule has 1 heterocycles. The number of carbonyl (C=O) groups excluding carboxylic acids is 2. The Labute approximate surface area is 189 Å². The number of hydrogen-bond acceptors (Lipinski definition) is 6. The van der Waals surface area contributed by atoms with E-state index in [1.807, 2.05) is 13.0 Å². The van der Waals surface area contributed by atoms with E-state index in [9.17, 15) is 24.6 Å². The van der Waals surface area contributed by atoms with Gasteiger partial charge in [-0.25, -0.2) is 4.79 Å². The van der Waals surface area contributed by atoms with Crippen LogP contribution in [-0.2, 0) is 23.9 Å². The van der Waals surface area contributed by atoms with Crippen LogP contribution in [0.1, 0.15) is 72.6 Å². The van der Waals surface area contributed by atoms with Gasteiger partial charge in [0.1, 0.15) is 6.10 Å². The minimum Gasteiger partial charge on any atom is -0.478 e. The maximum atomic E-state index is 13.0. The summed E-state index contributed by atoms with van der Waals surface area (Å²) in [6, 6.07) is 0. The van der Waals surface area contributed by atoms with Crippen LogP contribution >= 0.6 is 0 Å². The molecule has 0 saturated carbocycles. The van der Waals surface area contributed by atoms with Crippen molar-refractivity contribution in [1.29, 1.82) is 0 Å². The van der Waals surface area contributed by atoms with Crippen LogP contribution < -0.4 is 0 Å². The Balaban J connectivity index is 1.89. The maximum Gasteiger partial charge on any atom is 0.349 e. The van der Waals surface area contributed by atoms with Crippen molar-refractivity contribution in [3.05, 3.63) is 23.8 Å². The number of allylic oxidation sites excluding steroid dienone is 2. The van der Waals surface area contributed by atoms with Gasteiger partial charge < -0.3 is 19.7 Å². The van der Waals surface area contributed by atoms with Crippen LogP contribution in [0.4, 0.5) is 0 Å². The van der Waals surface area contributed by atoms with Crippen molar-refractivity contribution >= 4 is 17.9 Å². The zero-order valence-electron chi connectivity index (χ0n) is 19.5. The van der Waals surface area contributed by atoms with Gasteiger partial charge in [0.2, 0.25) is 5.60 Å². The van der Waals surface area contributed by atoms with Gasteiger partial charge in [0, 0.05) is 18.8 Å². The number of esters is 2. The molecular formula is C25H36O7. The van der Waals surface area contributed by atoms with Crippen molar-refractivity contribution in [2.75, 3.05) is 0 Å². The zero-order chi connectivity index (χ0) is 23.7. The van der Waals surface area contributed by atoms with E-state index in [1.165, 1.54) is 0 Å². The second-order valence-corrected chi connectivity index (χ2v) is 10.3. The first-order chi connectivity index (χ1) is 15.0. The van der Waals surface area contributed by atoms with Gasteiger partial charge in [-0.15, -0.1) is 0 Å². The number of aliphatic hydroxyl groups excluding tert-OH is 1. The lowest BCUT2D eigenvalue weighted by Gasteiger charge is -2.48. The van der Waals surface area contributed by atoms with E-state index in [4.69, 9.17) is 9.47 Å². The number of fused-ring (bicyclic) bond motifs is 1. The molecule has 7 nitrogen and oxygen atoms in total. The molecule has 0 amide bonds. The standard InChI is InChI=1S/C25H36O7/c1-5-24(3,4)23(30)32-25(22(28)29)12-6-7-16-9-8-15(2)19(21(16)25)11-10-18-13-17(26)14-20(27)31-18/h6-7,9,15,17-19,21,26H,5,8,10-14H2,1-4H3,(H,28,29)/t15-,17+,18+,19-,21-,25-/m0/s1. The zero-order valence-corrected chi connectivity index (χ0v) is 19.5. The Hall–Kier alpha value is -2.15. The van der Waals surface area contributed by atoms with Gasteiger partial charge >= 0.3 is 17.9 Å². The molecule has 32 heavy (non-hydrogen) atoms. The van der Waals surface area contributed by atoms with Crippen LogP contribution in [0.25, 0.3) is 0 Å². The highest BCUT2D eigenvalue weighted by Crippen LogP contribution is 2.50. The number of carbonyl (C=O) groups is 3. The van der Waals surface area contributed by atoms with Gasteiger partial charge in [-0.05, 0) is 56.9 Å². The van der Waals surface area contributed by atoms with Crippen LogP contribution in [-0.4, -0.2) is 45.9 Å². The average Bonchev–Trinajstić information content (AvgIpc) is 2.72. The molecule has 0 aromatic rings. The molecule has 1 aliphatic heterocycles. The van der Waals surface area contributed by atoms with Crippen molar-refractivity contribution < 1.29 is 34.1 Å². The summed E-state index contributed by atoms with van der Waals surface area (Å²) in [7, 11) is 0. The first kappa shape index (κ1) is 24.5. The average molecular weight is 449 g/mol. The molecule has 0 radical (unpaired) electrons. The lowest BCUT2D eigenvalue weighted by Crippen LogP contribution is -2.56. The Morgan fingerprint density at radius 3 is 2.66 bits per heavy atom. The van der Waals surface area contributed by atoms with Crippen LogP contribution in [0.2, 0.25) is 0 Å². The van der Waals surface area contributed by atoms with Gasteiger partial charge in [-0.2, -0.15) is 0 Å². The van der Waals surface area contributed by atoms with Crippen LogP contribution in [0, 0.1) is 23.2 Å². The first-order valence-corrected chi connectivity index (χ1v) is 11.7. The molecule has 0 aromatic carbocycles. The fourth-order valence-electron chi connectivity index (χ4n) is 5.17. The van der Waals surface area contributed by atoms with E-state index < -0.39 is 40.9 Å². The smallest absolute Gasteiger partial charge is 0.349 e. The van der Waals surface area contributed by atoms with Crippen LogP contribution in [0.3, 0.4) is 0 Å². The van der Waals surface area contributed by atoms with Gasteiger partial charge in [0.25, 0.3) is 0 Å².